The minimum atomic E-state index is -3.96. The van der Waals surface area contributed by atoms with E-state index in [1.54, 1.807) is 12.1 Å². The van der Waals surface area contributed by atoms with Gasteiger partial charge in [0.15, 0.2) is 6.61 Å². The first kappa shape index (κ1) is 22.5. The predicted molar refractivity (Wildman–Crippen MR) is 110 cm³/mol. The Morgan fingerprint density at radius 1 is 1.03 bits per heavy atom. The van der Waals surface area contributed by atoms with Crippen molar-refractivity contribution in [3.05, 3.63) is 42.0 Å². The Morgan fingerprint density at radius 3 is 2.14 bits per heavy atom. The molecule has 2 aromatic rings. The van der Waals surface area contributed by atoms with Crippen LogP contribution in [0.2, 0.25) is 0 Å². The van der Waals surface area contributed by atoms with Crippen molar-refractivity contribution in [3.63, 3.8) is 0 Å². The second-order valence-electron chi connectivity index (χ2n) is 7.37. The van der Waals surface area contributed by atoms with Gasteiger partial charge >= 0.3 is 0 Å². The van der Waals surface area contributed by atoms with Gasteiger partial charge in [0.25, 0.3) is 5.91 Å². The van der Waals surface area contributed by atoms with E-state index in [2.05, 4.69) is 25.8 Å². The first-order valence-electron chi connectivity index (χ1n) is 8.83. The van der Waals surface area contributed by atoms with Crippen LogP contribution in [-0.2, 0) is 20.2 Å². The summed E-state index contributed by atoms with van der Waals surface area (Å²) in [7, 11) is -1.22. The maximum absolute atomic E-state index is 12.7. The molecule has 0 unspecified atom stereocenters. The Bertz CT molecular complexity index is 965. The minimum Gasteiger partial charge on any atom is -0.484 e. The molecule has 0 N–H and O–H groups in total. The molecule has 2 rings (SSSR count). The number of ether oxygens (including phenoxy) is 3. The molecule has 0 saturated carbocycles. The van der Waals surface area contributed by atoms with Crippen molar-refractivity contribution < 1.29 is 27.4 Å². The number of hydrogen-bond donors (Lipinski definition) is 0. The summed E-state index contributed by atoms with van der Waals surface area (Å²) in [5, 5.41) is 0. The van der Waals surface area contributed by atoms with Crippen LogP contribution in [0.3, 0.4) is 0 Å². The van der Waals surface area contributed by atoms with Gasteiger partial charge in [0.1, 0.15) is 11.4 Å². The molecular weight excluding hydrogens is 396 g/mol. The lowest BCUT2D eigenvalue weighted by Crippen LogP contribution is -2.39. The SMILES string of the molecule is COc1ccc(N(C(=O)COc2ccc(C(C)(C)C)cc2)S(C)(=O)=O)c(OC)n1. The van der Waals surface area contributed by atoms with Gasteiger partial charge < -0.3 is 14.2 Å². The Hall–Kier alpha value is -2.81. The van der Waals surface area contributed by atoms with Crippen molar-refractivity contribution in [2.24, 2.45) is 0 Å². The Labute approximate surface area is 171 Å². The number of amides is 1. The van der Waals surface area contributed by atoms with E-state index >= 15 is 0 Å². The van der Waals surface area contributed by atoms with Crippen LogP contribution in [-0.4, -0.2) is 46.4 Å². The molecule has 0 bridgehead atoms. The Morgan fingerprint density at radius 2 is 1.66 bits per heavy atom. The quantitative estimate of drug-likeness (QED) is 0.677. The zero-order chi connectivity index (χ0) is 21.8. The summed E-state index contributed by atoms with van der Waals surface area (Å²) in [6.45, 7) is 5.79. The fourth-order valence-electron chi connectivity index (χ4n) is 2.59. The van der Waals surface area contributed by atoms with E-state index < -0.39 is 22.5 Å². The summed E-state index contributed by atoms with van der Waals surface area (Å²) in [5.74, 6) is -0.156. The third kappa shape index (κ3) is 5.60. The molecule has 0 atom stereocenters. The van der Waals surface area contributed by atoms with E-state index in [-0.39, 0.29) is 22.9 Å². The molecule has 0 aliphatic heterocycles. The van der Waals surface area contributed by atoms with Crippen molar-refractivity contribution in [2.75, 3.05) is 31.4 Å². The van der Waals surface area contributed by atoms with Crippen molar-refractivity contribution in [1.82, 2.24) is 4.98 Å². The van der Waals surface area contributed by atoms with Crippen LogP contribution in [0.25, 0.3) is 0 Å². The van der Waals surface area contributed by atoms with Crippen LogP contribution in [0.4, 0.5) is 5.69 Å². The molecule has 0 aliphatic carbocycles. The lowest BCUT2D eigenvalue weighted by atomic mass is 9.87. The normalized spacial score (nSPS) is 11.7. The number of hydrogen-bond acceptors (Lipinski definition) is 7. The van der Waals surface area contributed by atoms with Crippen LogP contribution in [0.1, 0.15) is 26.3 Å². The monoisotopic (exact) mass is 422 g/mol. The minimum absolute atomic E-state index is 0.0145. The number of carbonyl (C=O) groups excluding carboxylic acids is 1. The highest BCUT2D eigenvalue weighted by atomic mass is 32.2. The molecule has 1 amide bonds. The number of benzene rings is 1. The fourth-order valence-corrected chi connectivity index (χ4v) is 3.51. The fraction of sp³-hybridized carbons (Fsp3) is 0.400. The summed E-state index contributed by atoms with van der Waals surface area (Å²) < 4.78 is 40.9. The summed E-state index contributed by atoms with van der Waals surface area (Å²) in [6.07, 6.45) is 0.923. The van der Waals surface area contributed by atoms with Gasteiger partial charge in [0.2, 0.25) is 21.8 Å². The van der Waals surface area contributed by atoms with Crippen LogP contribution in [0.5, 0.6) is 17.5 Å². The number of rotatable bonds is 7. The second-order valence-corrected chi connectivity index (χ2v) is 9.20. The summed E-state index contributed by atoms with van der Waals surface area (Å²) >= 11 is 0. The summed E-state index contributed by atoms with van der Waals surface area (Å²) in [4.78, 5) is 16.8. The van der Waals surface area contributed by atoms with Crippen LogP contribution < -0.4 is 18.5 Å². The number of nitrogens with zero attached hydrogens (tertiary/aromatic N) is 2. The number of methoxy groups -OCH3 is 2. The van der Waals surface area contributed by atoms with Crippen molar-refractivity contribution in [1.29, 1.82) is 0 Å². The molecular formula is C20H26N2O6S. The first-order chi connectivity index (χ1) is 13.5. The maximum atomic E-state index is 12.7. The number of sulfonamides is 1. The molecule has 1 aromatic heterocycles. The van der Waals surface area contributed by atoms with E-state index in [4.69, 9.17) is 14.2 Å². The summed E-state index contributed by atoms with van der Waals surface area (Å²) in [5.41, 5.74) is 1.08. The summed E-state index contributed by atoms with van der Waals surface area (Å²) in [6, 6.07) is 10.1. The van der Waals surface area contributed by atoms with E-state index in [0.717, 1.165) is 11.8 Å². The van der Waals surface area contributed by atoms with Gasteiger partial charge in [-0.2, -0.15) is 9.29 Å². The highest BCUT2D eigenvalue weighted by Gasteiger charge is 2.29. The van der Waals surface area contributed by atoms with Gasteiger partial charge in [-0.1, -0.05) is 32.9 Å². The zero-order valence-electron chi connectivity index (χ0n) is 17.4. The van der Waals surface area contributed by atoms with Gasteiger partial charge in [-0.05, 0) is 29.2 Å². The lowest BCUT2D eigenvalue weighted by Gasteiger charge is -2.22. The van der Waals surface area contributed by atoms with Crippen LogP contribution in [0.15, 0.2) is 36.4 Å². The van der Waals surface area contributed by atoms with Crippen LogP contribution in [0, 0.1) is 0 Å². The highest BCUT2D eigenvalue weighted by molar-refractivity contribution is 7.92. The predicted octanol–water partition coefficient (Wildman–Crippen LogP) is 2.77. The topological polar surface area (TPSA) is 95.0 Å². The van der Waals surface area contributed by atoms with Crippen molar-refractivity contribution in [2.45, 2.75) is 26.2 Å². The molecule has 0 radical (unpaired) electrons. The van der Waals surface area contributed by atoms with E-state index in [1.165, 1.54) is 26.4 Å². The molecule has 9 heteroatoms. The van der Waals surface area contributed by atoms with Gasteiger partial charge in [0, 0.05) is 6.07 Å². The maximum Gasteiger partial charge on any atom is 0.278 e. The number of pyridine rings is 1. The van der Waals surface area contributed by atoms with E-state index in [9.17, 15) is 13.2 Å². The van der Waals surface area contributed by atoms with Crippen molar-refractivity contribution >= 4 is 21.6 Å². The largest absolute Gasteiger partial charge is 0.484 e. The molecule has 158 valence electrons. The molecule has 0 aliphatic rings. The molecule has 0 saturated heterocycles. The van der Waals surface area contributed by atoms with E-state index in [1.807, 2.05) is 12.1 Å². The average Bonchev–Trinajstić information content (AvgIpc) is 2.65. The highest BCUT2D eigenvalue weighted by Crippen LogP contribution is 2.31. The first-order valence-corrected chi connectivity index (χ1v) is 10.7. The standard InChI is InChI=1S/C20H26N2O6S/c1-20(2,3)14-7-9-15(10-8-14)28-13-18(23)22(29(6,24)25)16-11-12-17(26-4)21-19(16)27-5/h7-12H,13H2,1-6H3. The van der Waals surface area contributed by atoms with Crippen molar-refractivity contribution in [3.8, 4) is 17.5 Å². The average molecular weight is 423 g/mol. The molecule has 0 spiro atoms. The Balaban J connectivity index is 2.25. The molecule has 1 aromatic carbocycles. The molecule has 29 heavy (non-hydrogen) atoms. The van der Waals surface area contributed by atoms with Gasteiger partial charge in [-0.3, -0.25) is 4.79 Å². The lowest BCUT2D eigenvalue weighted by molar-refractivity contribution is -0.119. The smallest absolute Gasteiger partial charge is 0.278 e. The number of aromatic nitrogens is 1. The number of carbonyl (C=O) groups is 1. The van der Waals surface area contributed by atoms with Gasteiger partial charge in [-0.25, -0.2) is 8.42 Å². The third-order valence-electron chi connectivity index (χ3n) is 4.08. The Kier molecular flexibility index (Phi) is 6.73. The molecule has 8 nitrogen and oxygen atoms in total. The number of anilines is 1. The van der Waals surface area contributed by atoms with Gasteiger partial charge in [0.05, 0.1) is 20.5 Å². The molecule has 1 heterocycles. The zero-order valence-corrected chi connectivity index (χ0v) is 18.2. The van der Waals surface area contributed by atoms with Gasteiger partial charge in [-0.15, -0.1) is 0 Å². The second kappa shape index (κ2) is 8.69. The van der Waals surface area contributed by atoms with Crippen LogP contribution >= 0.6 is 0 Å². The third-order valence-corrected chi connectivity index (χ3v) is 5.14. The molecule has 0 fully saturated rings. The van der Waals surface area contributed by atoms with E-state index in [0.29, 0.717) is 10.1 Å².